The largest absolute Gasteiger partial charge is 0.460 e. The summed E-state index contributed by atoms with van der Waals surface area (Å²) in [5.74, 6) is -34.7. The van der Waals surface area contributed by atoms with Crippen molar-refractivity contribution in [2.45, 2.75) is 60.1 Å². The molecular formula is C18H28F13N2O8S2+. The van der Waals surface area contributed by atoms with Crippen molar-refractivity contribution in [2.24, 2.45) is 0 Å². The average Bonchev–Trinajstić information content (AvgIpc) is 2.80. The molecule has 0 bridgehead atoms. The Bertz CT molecular complexity index is 1150. The predicted octanol–water partition coefficient (Wildman–Crippen LogP) is 1.77. The number of aliphatic hydroxyl groups excluding tert-OH is 3. The lowest BCUT2D eigenvalue weighted by Crippen LogP contribution is -2.72. The molecule has 0 heterocycles. The third kappa shape index (κ3) is 8.52. The Morgan fingerprint density at radius 3 is 1.56 bits per heavy atom. The van der Waals surface area contributed by atoms with E-state index in [-0.39, 0.29) is 6.54 Å². The number of hydrogen-bond donors (Lipinski definition) is 4. The molecular weight excluding hydrogens is 683 g/mol. The van der Waals surface area contributed by atoms with E-state index in [0.29, 0.717) is 0 Å². The summed E-state index contributed by atoms with van der Waals surface area (Å²) in [7, 11) is -10.2. The zero-order chi connectivity index (χ0) is 34.9. The van der Waals surface area contributed by atoms with Gasteiger partial charge in [0.1, 0.15) is 12.6 Å². The second-order valence-electron chi connectivity index (χ2n) is 9.87. The van der Waals surface area contributed by atoms with Crippen molar-refractivity contribution >= 4 is 20.1 Å². The molecule has 0 saturated heterocycles. The number of nitrogens with zero attached hydrogens (tertiary/aromatic N) is 2. The van der Waals surface area contributed by atoms with E-state index in [1.165, 1.54) is 14.1 Å². The molecule has 260 valence electrons. The Morgan fingerprint density at radius 2 is 1.19 bits per heavy atom. The van der Waals surface area contributed by atoms with Crippen molar-refractivity contribution in [2.75, 3.05) is 52.7 Å². The minimum absolute atomic E-state index is 0.382. The van der Waals surface area contributed by atoms with Crippen LogP contribution in [0.25, 0.3) is 0 Å². The first-order valence-electron chi connectivity index (χ1n) is 11.4. The third-order valence-corrected chi connectivity index (χ3v) is 8.73. The molecule has 0 saturated carbocycles. The quantitative estimate of drug-likeness (QED) is 0.0955. The molecule has 0 aromatic carbocycles. The van der Waals surface area contributed by atoms with Gasteiger partial charge in [-0.05, 0) is 6.42 Å². The van der Waals surface area contributed by atoms with E-state index >= 15 is 0 Å². The molecule has 0 fully saturated rings. The molecule has 25 heteroatoms. The van der Waals surface area contributed by atoms with Gasteiger partial charge in [0.15, 0.2) is 0 Å². The van der Waals surface area contributed by atoms with E-state index in [9.17, 15) is 84.1 Å². The second-order valence-corrected chi connectivity index (χ2v) is 13.4. The zero-order valence-corrected chi connectivity index (χ0v) is 23.5. The molecule has 43 heavy (non-hydrogen) atoms. The summed E-state index contributed by atoms with van der Waals surface area (Å²) in [6, 6.07) is -2.44. The molecule has 10 nitrogen and oxygen atoms in total. The van der Waals surface area contributed by atoms with Crippen molar-refractivity contribution in [3.8, 4) is 0 Å². The minimum atomic E-state index is -8.44. The van der Waals surface area contributed by atoms with Crippen LogP contribution in [0.2, 0.25) is 0 Å². The van der Waals surface area contributed by atoms with Crippen molar-refractivity contribution < 1.29 is 98.3 Å². The first kappa shape index (κ1) is 41.8. The molecule has 0 radical (unpaired) electrons. The Labute approximate surface area is 236 Å². The van der Waals surface area contributed by atoms with Crippen molar-refractivity contribution in [1.82, 2.24) is 4.31 Å². The highest BCUT2D eigenvalue weighted by Crippen LogP contribution is 2.61. The van der Waals surface area contributed by atoms with Crippen molar-refractivity contribution in [3.63, 3.8) is 0 Å². The fraction of sp³-hybridized carbons (Fsp3) is 1.00. The Hall–Kier alpha value is -1.25. The molecule has 0 aliphatic rings. The molecule has 0 amide bonds. The highest BCUT2D eigenvalue weighted by atomic mass is 32.2. The normalized spacial score (nSPS) is 16.9. The van der Waals surface area contributed by atoms with E-state index in [4.69, 9.17) is 9.66 Å². The van der Waals surface area contributed by atoms with Crippen LogP contribution < -0.4 is 0 Å². The lowest BCUT2D eigenvalue weighted by molar-refractivity contribution is -0.893. The van der Waals surface area contributed by atoms with Gasteiger partial charge in [-0.25, -0.2) is 8.42 Å². The number of hydrogen-bond acceptors (Lipinski definition) is 7. The van der Waals surface area contributed by atoms with E-state index < -0.39 is 121 Å². The average molecular weight is 712 g/mol. The van der Waals surface area contributed by atoms with Crippen LogP contribution in [0.4, 0.5) is 57.1 Å². The van der Waals surface area contributed by atoms with Gasteiger partial charge < -0.3 is 19.8 Å². The fourth-order valence-corrected chi connectivity index (χ4v) is 5.69. The van der Waals surface area contributed by atoms with Gasteiger partial charge >= 0.3 is 35.1 Å². The van der Waals surface area contributed by atoms with E-state index in [0.717, 1.165) is 0 Å². The molecule has 4 N–H and O–H groups in total. The van der Waals surface area contributed by atoms with Gasteiger partial charge in [-0.2, -0.15) is 69.8 Å². The van der Waals surface area contributed by atoms with Gasteiger partial charge in [-0.1, -0.05) is 0 Å². The van der Waals surface area contributed by atoms with Gasteiger partial charge in [0.05, 0.1) is 45.6 Å². The molecule has 2 unspecified atom stereocenters. The molecule has 0 aliphatic heterocycles. The van der Waals surface area contributed by atoms with Crippen LogP contribution in [0.5, 0.6) is 0 Å². The summed E-state index contributed by atoms with van der Waals surface area (Å²) in [5, 5.41) is 20.4. The van der Waals surface area contributed by atoms with Crippen LogP contribution in [-0.2, 0) is 20.1 Å². The summed E-state index contributed by atoms with van der Waals surface area (Å²) in [6.45, 7) is -5.21. The van der Waals surface area contributed by atoms with E-state index in [2.05, 4.69) is 0 Å². The fourth-order valence-electron chi connectivity index (χ4n) is 3.51. The standard InChI is InChI=1S/C18H27F13N2O8S2/c1-33(2,8-12(36)10-35)6-4-11(9-34)32(5-3-7-42(37,38)39)43(40,41)18(30,31)16(25,26)14(21,22)13(19,20)15(23,24)17(27,28)29/h11-12,34-36H,3-10H2,1-2H3/p+1. The van der Waals surface area contributed by atoms with Crippen LogP contribution in [0.3, 0.4) is 0 Å². The van der Waals surface area contributed by atoms with Gasteiger partial charge in [0.2, 0.25) is 0 Å². The minimum Gasteiger partial charge on any atom is -0.395 e. The number of sulfonamides is 1. The summed E-state index contributed by atoms with van der Waals surface area (Å²) in [6.07, 6.45) is -11.5. The molecule has 0 aliphatic carbocycles. The molecule has 0 spiro atoms. The van der Waals surface area contributed by atoms with Crippen molar-refractivity contribution in [3.05, 3.63) is 0 Å². The molecule has 0 aromatic heterocycles. The Morgan fingerprint density at radius 1 is 0.744 bits per heavy atom. The highest BCUT2D eigenvalue weighted by Gasteiger charge is 2.92. The number of halogens is 13. The SMILES string of the molecule is C[N+](C)(CCC(CO)N(CCCS(=O)(=O)O)S(=O)(=O)C(F)(F)C(F)(F)C(F)(F)C(F)(F)C(F)(F)C(F)(F)F)CC(O)CO. The summed E-state index contributed by atoms with van der Waals surface area (Å²) in [4.78, 5) is 0. The van der Waals surface area contributed by atoms with Crippen LogP contribution in [0.1, 0.15) is 12.8 Å². The number of quaternary nitrogens is 1. The van der Waals surface area contributed by atoms with Crippen LogP contribution in [-0.4, -0.2) is 145 Å². The van der Waals surface area contributed by atoms with Crippen LogP contribution in [0, 0.1) is 0 Å². The topological polar surface area (TPSA) is 152 Å². The number of rotatable bonds is 18. The number of aliphatic hydroxyl groups is 3. The maximum atomic E-state index is 14.8. The monoisotopic (exact) mass is 711 g/mol. The van der Waals surface area contributed by atoms with Crippen molar-refractivity contribution in [1.29, 1.82) is 0 Å². The van der Waals surface area contributed by atoms with Gasteiger partial charge in [0.25, 0.3) is 20.1 Å². The molecule has 2 atom stereocenters. The highest BCUT2D eigenvalue weighted by molar-refractivity contribution is 7.90. The molecule has 0 aromatic rings. The maximum Gasteiger partial charge on any atom is 0.460 e. The Balaban J connectivity index is 6.96. The summed E-state index contributed by atoms with van der Waals surface area (Å²) in [5.41, 5.74) is 0. The smallest absolute Gasteiger partial charge is 0.395 e. The number of alkyl halides is 13. The van der Waals surface area contributed by atoms with E-state index in [1.54, 1.807) is 0 Å². The second kappa shape index (κ2) is 13.2. The first-order valence-corrected chi connectivity index (χ1v) is 14.4. The summed E-state index contributed by atoms with van der Waals surface area (Å²) < 4.78 is 231. The first-order chi connectivity index (χ1) is 18.7. The van der Waals surface area contributed by atoms with Gasteiger partial charge in [-0.3, -0.25) is 4.55 Å². The van der Waals surface area contributed by atoms with Gasteiger partial charge in [0, 0.05) is 13.0 Å². The molecule has 0 rings (SSSR count). The predicted molar refractivity (Wildman–Crippen MR) is 118 cm³/mol. The summed E-state index contributed by atoms with van der Waals surface area (Å²) >= 11 is 0. The number of likely N-dealkylation sites (N-methyl/N-ethyl adjacent to an activating group) is 1. The lowest BCUT2D eigenvalue weighted by Gasteiger charge is -2.41. The van der Waals surface area contributed by atoms with Gasteiger partial charge in [-0.15, -0.1) is 0 Å². The van der Waals surface area contributed by atoms with Crippen LogP contribution in [0.15, 0.2) is 0 Å². The Kier molecular flexibility index (Phi) is 12.8. The zero-order valence-electron chi connectivity index (χ0n) is 21.9. The van der Waals surface area contributed by atoms with E-state index in [1.807, 2.05) is 0 Å². The lowest BCUT2D eigenvalue weighted by atomic mass is 9.98. The maximum absolute atomic E-state index is 14.8. The van der Waals surface area contributed by atoms with Crippen LogP contribution >= 0.6 is 0 Å². The third-order valence-electron chi connectivity index (χ3n) is 5.92.